The van der Waals surface area contributed by atoms with Gasteiger partial charge in [-0.25, -0.2) is 4.98 Å². The second-order valence-electron chi connectivity index (χ2n) is 6.69. The number of rotatable bonds is 8. The Labute approximate surface area is 180 Å². The van der Waals surface area contributed by atoms with Crippen molar-refractivity contribution in [2.24, 2.45) is 0 Å². The van der Waals surface area contributed by atoms with Crippen molar-refractivity contribution >= 4 is 21.9 Å². The van der Waals surface area contributed by atoms with Gasteiger partial charge in [-0.15, -0.1) is 0 Å². The van der Waals surface area contributed by atoms with Gasteiger partial charge in [-0.1, -0.05) is 12.1 Å². The van der Waals surface area contributed by atoms with Gasteiger partial charge in [0.1, 0.15) is 17.3 Å². The minimum Gasteiger partial charge on any atom is -0.508 e. The number of aromatic hydroxyl groups is 1. The third-order valence-corrected chi connectivity index (χ3v) is 5.60. The highest BCUT2D eigenvalue weighted by Crippen LogP contribution is 2.41. The summed E-state index contributed by atoms with van der Waals surface area (Å²) in [6, 6.07) is 9.72. The summed E-state index contributed by atoms with van der Waals surface area (Å²) in [7, 11) is -3.82. The first-order valence-electron chi connectivity index (χ1n) is 9.60. The van der Waals surface area contributed by atoms with E-state index in [0.29, 0.717) is 41.0 Å². The van der Waals surface area contributed by atoms with Crippen molar-refractivity contribution in [3.63, 3.8) is 0 Å². The lowest BCUT2D eigenvalue weighted by Gasteiger charge is -2.18. The normalized spacial score (nSPS) is 11.3. The molecular weight excluding hydrogens is 420 g/mol. The maximum atomic E-state index is 12.3. The van der Waals surface area contributed by atoms with Crippen LogP contribution in [0.5, 0.6) is 17.2 Å². The third-order valence-electron chi connectivity index (χ3n) is 4.46. The van der Waals surface area contributed by atoms with Crippen LogP contribution in [0.15, 0.2) is 42.6 Å². The van der Waals surface area contributed by atoms with Gasteiger partial charge in [0, 0.05) is 18.2 Å². The van der Waals surface area contributed by atoms with Crippen molar-refractivity contribution in [3.8, 4) is 28.4 Å². The fourth-order valence-corrected chi connectivity index (χ4v) is 3.50. The Balaban J connectivity index is 2.17. The van der Waals surface area contributed by atoms with Gasteiger partial charge in [-0.2, -0.15) is 13.4 Å². The van der Waals surface area contributed by atoms with E-state index in [9.17, 15) is 13.5 Å². The highest BCUT2D eigenvalue weighted by atomic mass is 32.2. The zero-order valence-corrected chi connectivity index (χ0v) is 18.0. The number of nitrogens with two attached hydrogens (primary N) is 2. The van der Waals surface area contributed by atoms with Gasteiger partial charge in [-0.05, 0) is 49.2 Å². The van der Waals surface area contributed by atoms with Crippen LogP contribution in [0.25, 0.3) is 11.1 Å². The number of hydrogen-bond acceptors (Lipinski definition) is 9. The third kappa shape index (κ3) is 5.34. The molecule has 2 aromatic carbocycles. The minimum atomic E-state index is -3.82. The summed E-state index contributed by atoms with van der Waals surface area (Å²) in [6.07, 6.45) is 1.83. The van der Waals surface area contributed by atoms with Crippen LogP contribution in [-0.2, 0) is 16.5 Å². The van der Waals surface area contributed by atoms with E-state index in [-0.39, 0.29) is 29.0 Å². The van der Waals surface area contributed by atoms with Gasteiger partial charge in [0.25, 0.3) is 0 Å². The molecule has 5 N–H and O–H groups in total. The number of ether oxygens (including phenoxy) is 1. The molecule has 0 spiro atoms. The van der Waals surface area contributed by atoms with Crippen LogP contribution in [-0.4, -0.2) is 35.9 Å². The molecule has 0 bridgehead atoms. The van der Waals surface area contributed by atoms with Crippen LogP contribution in [0.1, 0.15) is 25.0 Å². The summed E-state index contributed by atoms with van der Waals surface area (Å²) in [5.41, 5.74) is 13.9. The summed E-state index contributed by atoms with van der Waals surface area (Å²) in [5.74, 6) is 0.731. The van der Waals surface area contributed by atoms with Crippen LogP contribution in [0.2, 0.25) is 0 Å². The summed E-state index contributed by atoms with van der Waals surface area (Å²) in [6.45, 7) is 3.67. The molecule has 0 fully saturated rings. The fraction of sp³-hybridized carbons (Fsp3) is 0.238. The van der Waals surface area contributed by atoms with Crippen molar-refractivity contribution in [2.45, 2.75) is 20.3 Å². The molecule has 1 aromatic heterocycles. The average molecular weight is 445 g/mol. The highest BCUT2D eigenvalue weighted by molar-refractivity contribution is 7.87. The maximum Gasteiger partial charge on any atom is 0.308 e. The van der Waals surface area contributed by atoms with Gasteiger partial charge >= 0.3 is 10.1 Å². The molecule has 9 nitrogen and oxygen atoms in total. The first-order chi connectivity index (χ1) is 14.7. The van der Waals surface area contributed by atoms with Gasteiger partial charge in [0.15, 0.2) is 5.75 Å². The predicted octanol–water partition coefficient (Wildman–Crippen LogP) is 2.73. The second kappa shape index (κ2) is 9.09. The molecule has 164 valence electrons. The Morgan fingerprint density at radius 3 is 2.35 bits per heavy atom. The summed E-state index contributed by atoms with van der Waals surface area (Å²) >= 11 is 0. The molecule has 0 aliphatic carbocycles. The van der Waals surface area contributed by atoms with Gasteiger partial charge in [0.2, 0.25) is 5.95 Å². The number of aromatic nitrogens is 2. The average Bonchev–Trinajstić information content (AvgIpc) is 2.71. The molecule has 0 aliphatic heterocycles. The summed E-state index contributed by atoms with van der Waals surface area (Å²) in [5, 5.41) is 9.63. The summed E-state index contributed by atoms with van der Waals surface area (Å²) < 4.78 is 35.8. The highest BCUT2D eigenvalue weighted by Gasteiger charge is 2.21. The van der Waals surface area contributed by atoms with Gasteiger partial charge in [0.05, 0.1) is 17.9 Å². The zero-order valence-electron chi connectivity index (χ0n) is 17.2. The largest absolute Gasteiger partial charge is 0.508 e. The number of benzene rings is 2. The molecular formula is C21H24N4O5S. The van der Waals surface area contributed by atoms with Crippen molar-refractivity contribution in [1.82, 2.24) is 9.97 Å². The minimum absolute atomic E-state index is 0.0667. The standard InChI is InChI=1S/C21H24N4O5S/c1-3-29-17-10-13(9-15-12-24-21(23)25-20(15)22)11-18(30-31(27,28)4-2)19(17)14-5-7-16(26)8-6-14/h5-8,10-12,26H,3-4,9H2,1-2H3,(H4,22,23,24,25). The maximum absolute atomic E-state index is 12.3. The van der Waals surface area contributed by atoms with Gasteiger partial charge < -0.3 is 25.5 Å². The molecule has 10 heteroatoms. The predicted molar refractivity (Wildman–Crippen MR) is 118 cm³/mol. The lowest BCUT2D eigenvalue weighted by atomic mass is 9.98. The van der Waals surface area contributed by atoms with E-state index in [1.807, 2.05) is 6.92 Å². The Hall–Kier alpha value is -3.53. The Kier molecular flexibility index (Phi) is 6.50. The molecule has 0 saturated carbocycles. The van der Waals surface area contributed by atoms with Crippen molar-refractivity contribution < 1.29 is 22.4 Å². The molecule has 0 unspecified atom stereocenters. The molecule has 0 atom stereocenters. The smallest absolute Gasteiger partial charge is 0.308 e. The van der Waals surface area contributed by atoms with Crippen molar-refractivity contribution in [1.29, 1.82) is 0 Å². The summed E-state index contributed by atoms with van der Waals surface area (Å²) in [4.78, 5) is 7.93. The van der Waals surface area contributed by atoms with Crippen LogP contribution >= 0.6 is 0 Å². The van der Waals surface area contributed by atoms with Crippen LogP contribution in [0.4, 0.5) is 11.8 Å². The van der Waals surface area contributed by atoms with Crippen molar-refractivity contribution in [2.75, 3.05) is 23.8 Å². The van der Waals surface area contributed by atoms with E-state index in [4.69, 9.17) is 20.4 Å². The second-order valence-corrected chi connectivity index (χ2v) is 8.55. The molecule has 3 rings (SSSR count). The van der Waals surface area contributed by atoms with E-state index in [2.05, 4.69) is 9.97 Å². The lowest BCUT2D eigenvalue weighted by Crippen LogP contribution is -2.13. The molecule has 0 aliphatic rings. The number of phenols is 1. The zero-order chi connectivity index (χ0) is 22.6. The number of anilines is 2. The molecule has 0 saturated heterocycles. The number of phenolic OH excluding ortho intramolecular Hbond substituents is 1. The number of nitrogen functional groups attached to an aromatic ring is 2. The van der Waals surface area contributed by atoms with Crippen LogP contribution in [0, 0.1) is 0 Å². The van der Waals surface area contributed by atoms with Crippen LogP contribution < -0.4 is 20.4 Å². The van der Waals surface area contributed by atoms with Gasteiger partial charge in [-0.3, -0.25) is 0 Å². The van der Waals surface area contributed by atoms with E-state index in [0.717, 1.165) is 0 Å². The number of hydrogen-bond donors (Lipinski definition) is 3. The first kappa shape index (κ1) is 22.2. The van der Waals surface area contributed by atoms with Crippen molar-refractivity contribution in [3.05, 3.63) is 53.7 Å². The lowest BCUT2D eigenvalue weighted by molar-refractivity contribution is 0.340. The van der Waals surface area contributed by atoms with E-state index >= 15 is 0 Å². The Morgan fingerprint density at radius 1 is 1.06 bits per heavy atom. The molecule has 1 heterocycles. The number of nitrogens with zero attached hydrogens (tertiary/aromatic N) is 2. The van der Waals surface area contributed by atoms with E-state index in [1.165, 1.54) is 25.3 Å². The van der Waals surface area contributed by atoms with Crippen LogP contribution in [0.3, 0.4) is 0 Å². The fourth-order valence-electron chi connectivity index (χ4n) is 2.98. The Morgan fingerprint density at radius 2 is 1.74 bits per heavy atom. The first-order valence-corrected chi connectivity index (χ1v) is 11.2. The molecule has 31 heavy (non-hydrogen) atoms. The quantitative estimate of drug-likeness (QED) is 0.445. The van der Waals surface area contributed by atoms with E-state index < -0.39 is 10.1 Å². The monoisotopic (exact) mass is 444 g/mol. The Bertz CT molecular complexity index is 1180. The SMILES string of the molecule is CCOc1cc(Cc2cnc(N)nc2N)cc(OS(=O)(=O)CC)c1-c1ccc(O)cc1. The molecule has 0 radical (unpaired) electrons. The van der Waals surface area contributed by atoms with E-state index in [1.54, 1.807) is 24.3 Å². The molecule has 3 aromatic rings. The topological polar surface area (TPSA) is 151 Å². The molecule has 0 amide bonds.